The highest BCUT2D eigenvalue weighted by Gasteiger charge is 2.32. The highest BCUT2D eigenvalue weighted by molar-refractivity contribution is 5.82. The summed E-state index contributed by atoms with van der Waals surface area (Å²) < 4.78 is 2.07. The Morgan fingerprint density at radius 1 is 1.27 bits per heavy atom. The van der Waals surface area contributed by atoms with E-state index in [0.29, 0.717) is 6.54 Å². The molecule has 1 aromatic rings. The number of nitrogens with one attached hydrogen (secondary N) is 2. The molecule has 1 rings (SSSR count). The number of quaternary nitrogens is 1. The molecule has 8 nitrogen and oxygen atoms in total. The van der Waals surface area contributed by atoms with Crippen molar-refractivity contribution in [1.82, 2.24) is 10.6 Å². The topological polar surface area (TPSA) is 130 Å². The minimum absolute atomic E-state index is 0.119. The third kappa shape index (κ3) is 7.47. The summed E-state index contributed by atoms with van der Waals surface area (Å²) in [5, 5.41) is 24.3. The molecule has 0 saturated heterocycles. The van der Waals surface area contributed by atoms with Crippen molar-refractivity contribution in [1.29, 1.82) is 0 Å². The summed E-state index contributed by atoms with van der Waals surface area (Å²) in [6, 6.07) is 3.91. The third-order valence-electron chi connectivity index (χ3n) is 4.16. The fourth-order valence-corrected chi connectivity index (χ4v) is 2.18. The molecular weight excluding hydrogens is 336 g/mol. The van der Waals surface area contributed by atoms with Crippen molar-refractivity contribution in [3.63, 3.8) is 0 Å². The second-order valence-corrected chi connectivity index (χ2v) is 7.02. The summed E-state index contributed by atoms with van der Waals surface area (Å²) in [7, 11) is 0. The van der Waals surface area contributed by atoms with Gasteiger partial charge in [-0.1, -0.05) is 13.8 Å². The second-order valence-electron chi connectivity index (χ2n) is 7.02. The number of hydrogen-bond acceptors (Lipinski definition) is 4. The molecule has 7 N–H and O–H groups in total. The van der Waals surface area contributed by atoms with Gasteiger partial charge in [-0.15, -0.1) is 0 Å². The highest BCUT2D eigenvalue weighted by atomic mass is 16.3. The van der Waals surface area contributed by atoms with Gasteiger partial charge in [0.05, 0.1) is 19.6 Å². The van der Waals surface area contributed by atoms with Crippen LogP contribution in [0.3, 0.4) is 0 Å². The monoisotopic (exact) mass is 368 g/mol. The Morgan fingerprint density at radius 2 is 1.92 bits per heavy atom. The lowest BCUT2D eigenvalue weighted by Gasteiger charge is -2.27. The summed E-state index contributed by atoms with van der Waals surface area (Å²) in [5.41, 5.74) is 3.88. The van der Waals surface area contributed by atoms with Crippen molar-refractivity contribution in [3.8, 4) is 0 Å². The van der Waals surface area contributed by atoms with Crippen LogP contribution in [0, 0.1) is 5.41 Å². The lowest BCUT2D eigenvalue weighted by Crippen LogP contribution is -2.51. The van der Waals surface area contributed by atoms with Crippen LogP contribution in [-0.2, 0) is 22.7 Å². The molecule has 0 saturated carbocycles. The summed E-state index contributed by atoms with van der Waals surface area (Å²) in [6.07, 6.45) is 3.77. The molecule has 26 heavy (non-hydrogen) atoms. The Hall–Kier alpha value is -2.03. The van der Waals surface area contributed by atoms with E-state index in [4.69, 9.17) is 5.11 Å². The van der Waals surface area contributed by atoms with Crippen molar-refractivity contribution in [2.24, 2.45) is 5.41 Å². The maximum atomic E-state index is 11.9. The predicted molar refractivity (Wildman–Crippen MR) is 95.4 cm³/mol. The smallest absolute Gasteiger partial charge is 0.249 e. The molecule has 2 amide bonds. The predicted octanol–water partition coefficient (Wildman–Crippen LogP) is -1.89. The van der Waals surface area contributed by atoms with Crippen LogP contribution >= 0.6 is 0 Å². The zero-order chi connectivity index (χ0) is 19.6. The molecule has 0 bridgehead atoms. The van der Waals surface area contributed by atoms with Gasteiger partial charge in [-0.05, 0) is 5.56 Å². The third-order valence-corrected chi connectivity index (χ3v) is 4.16. The van der Waals surface area contributed by atoms with Crippen molar-refractivity contribution >= 4 is 11.8 Å². The van der Waals surface area contributed by atoms with Crippen molar-refractivity contribution in [2.45, 2.75) is 45.9 Å². The van der Waals surface area contributed by atoms with Crippen LogP contribution in [0.4, 0.5) is 0 Å². The minimum atomic E-state index is -1.32. The number of aromatic nitrogens is 1. The van der Waals surface area contributed by atoms with E-state index < -0.39 is 17.4 Å². The van der Waals surface area contributed by atoms with Crippen LogP contribution in [0.15, 0.2) is 24.5 Å². The van der Waals surface area contributed by atoms with E-state index in [-0.39, 0.29) is 25.5 Å². The zero-order valence-electron chi connectivity index (χ0n) is 15.7. The SMILES string of the molecule is CC(C)(CO)[C@@H](O)C(=O)NCCC(=O)NCc1cc[n+](CCC[NH3+])cc1. The van der Waals surface area contributed by atoms with Gasteiger partial charge in [-0.25, -0.2) is 4.57 Å². The maximum Gasteiger partial charge on any atom is 0.249 e. The largest absolute Gasteiger partial charge is 0.396 e. The van der Waals surface area contributed by atoms with Crippen molar-refractivity contribution in [2.75, 3.05) is 19.7 Å². The molecule has 1 atom stereocenters. The first-order chi connectivity index (χ1) is 12.3. The molecule has 0 aliphatic rings. The molecule has 146 valence electrons. The van der Waals surface area contributed by atoms with Crippen LogP contribution in [0.25, 0.3) is 0 Å². The first kappa shape index (κ1) is 22.0. The van der Waals surface area contributed by atoms with Gasteiger partial charge in [0, 0.05) is 37.1 Å². The van der Waals surface area contributed by atoms with Gasteiger partial charge in [-0.3, -0.25) is 9.59 Å². The van der Waals surface area contributed by atoms with Gasteiger partial charge >= 0.3 is 0 Å². The van der Waals surface area contributed by atoms with E-state index in [1.165, 1.54) is 0 Å². The van der Waals surface area contributed by atoms with Gasteiger partial charge in [0.25, 0.3) is 0 Å². The average Bonchev–Trinajstić information content (AvgIpc) is 2.64. The van der Waals surface area contributed by atoms with E-state index in [2.05, 4.69) is 20.9 Å². The van der Waals surface area contributed by atoms with Gasteiger partial charge < -0.3 is 26.6 Å². The van der Waals surface area contributed by atoms with Crippen molar-refractivity contribution < 1.29 is 30.1 Å². The Morgan fingerprint density at radius 3 is 2.50 bits per heavy atom. The molecule has 0 unspecified atom stereocenters. The fourth-order valence-electron chi connectivity index (χ4n) is 2.18. The Balaban J connectivity index is 2.29. The minimum Gasteiger partial charge on any atom is -0.396 e. The van der Waals surface area contributed by atoms with Crippen LogP contribution in [-0.4, -0.2) is 47.8 Å². The Labute approximate surface area is 154 Å². The fraction of sp³-hybridized carbons (Fsp3) is 0.611. The van der Waals surface area contributed by atoms with Gasteiger partial charge in [0.15, 0.2) is 18.9 Å². The van der Waals surface area contributed by atoms with E-state index in [1.54, 1.807) is 13.8 Å². The molecule has 0 fully saturated rings. The number of aliphatic hydroxyl groups is 2. The van der Waals surface area contributed by atoms with Gasteiger partial charge in [0.2, 0.25) is 11.8 Å². The number of hydrogen-bond donors (Lipinski definition) is 5. The quantitative estimate of drug-likeness (QED) is 0.292. The molecule has 0 spiro atoms. The van der Waals surface area contributed by atoms with Gasteiger partial charge in [0.1, 0.15) is 6.10 Å². The van der Waals surface area contributed by atoms with E-state index in [0.717, 1.165) is 25.1 Å². The molecule has 0 aliphatic carbocycles. The molecule has 8 heteroatoms. The number of carbonyl (C=O) groups excluding carboxylic acids is 2. The molecule has 0 radical (unpaired) electrons. The van der Waals surface area contributed by atoms with E-state index >= 15 is 0 Å². The van der Waals surface area contributed by atoms with Crippen LogP contribution in [0.2, 0.25) is 0 Å². The van der Waals surface area contributed by atoms with E-state index in [9.17, 15) is 14.7 Å². The zero-order valence-corrected chi connectivity index (χ0v) is 15.7. The van der Waals surface area contributed by atoms with Crippen LogP contribution < -0.4 is 20.9 Å². The maximum absolute atomic E-state index is 11.9. The van der Waals surface area contributed by atoms with Crippen molar-refractivity contribution in [3.05, 3.63) is 30.1 Å². The van der Waals surface area contributed by atoms with Crippen LogP contribution in [0.1, 0.15) is 32.3 Å². The summed E-state index contributed by atoms with van der Waals surface area (Å²) in [6.45, 7) is 5.24. The lowest BCUT2D eigenvalue weighted by molar-refractivity contribution is -0.699. The average molecular weight is 368 g/mol. The van der Waals surface area contributed by atoms with Crippen LogP contribution in [0.5, 0.6) is 0 Å². The standard InChI is InChI=1S/C18H30N4O4/c1-18(2,13-23)16(25)17(26)20-8-4-15(24)21-12-14-5-10-22(11-6-14)9-3-7-19/h5-6,10-11,16,23,25H,3-4,7-9,12-13,19H2,1-2H3,(H-,20,21,24,26)/p+2/t16-/m0/s1. The number of rotatable bonds is 11. The highest BCUT2D eigenvalue weighted by Crippen LogP contribution is 2.19. The molecule has 1 aromatic heterocycles. The first-order valence-corrected chi connectivity index (χ1v) is 8.90. The number of aryl methyl sites for hydroxylation is 1. The van der Waals surface area contributed by atoms with E-state index in [1.807, 2.05) is 24.5 Å². The summed E-state index contributed by atoms with van der Waals surface area (Å²) >= 11 is 0. The number of aliphatic hydroxyl groups excluding tert-OH is 2. The normalized spacial score (nSPS) is 12.5. The Bertz CT molecular complexity index is 575. The number of amides is 2. The first-order valence-electron chi connectivity index (χ1n) is 8.90. The molecule has 0 aliphatic heterocycles. The van der Waals surface area contributed by atoms with Gasteiger partial charge in [-0.2, -0.15) is 0 Å². The summed E-state index contributed by atoms with van der Waals surface area (Å²) in [4.78, 5) is 23.7. The molecule has 1 heterocycles. The molecular formula is C18H32N4O4+2. The summed E-state index contributed by atoms with van der Waals surface area (Å²) in [5.74, 6) is -0.776. The molecule has 0 aromatic carbocycles. The number of carbonyl (C=O) groups is 2. The second kappa shape index (κ2) is 10.8. The number of nitrogens with zero attached hydrogens (tertiary/aromatic N) is 1. The number of pyridine rings is 1. The lowest BCUT2D eigenvalue weighted by atomic mass is 9.87. The Kier molecular flexibility index (Phi) is 9.18.